The van der Waals surface area contributed by atoms with Gasteiger partial charge in [-0.25, -0.2) is 4.98 Å². The number of anilines is 1. The Labute approximate surface area is 124 Å². The standard InChI is InChI=1S/C14H20ClN3O2/c1-9-7-18(8-10(2)20-9)11(3)14(19)17-12-5-4-6-16-13(12)15/h4-6,9-11H,7-8H2,1-3H3,(H,17,19)/p+1/t9-,10-,11+/m1/s1. The number of quaternary nitrogens is 1. The Morgan fingerprint density at radius 3 is 2.75 bits per heavy atom. The second-order valence-electron chi connectivity index (χ2n) is 5.38. The van der Waals surface area contributed by atoms with Gasteiger partial charge in [0, 0.05) is 6.20 Å². The summed E-state index contributed by atoms with van der Waals surface area (Å²) in [5, 5.41) is 3.15. The van der Waals surface area contributed by atoms with E-state index in [0.717, 1.165) is 13.1 Å². The Bertz CT molecular complexity index is 473. The molecule has 1 aromatic heterocycles. The maximum absolute atomic E-state index is 12.3. The van der Waals surface area contributed by atoms with Crippen molar-refractivity contribution in [1.29, 1.82) is 0 Å². The number of aromatic nitrogens is 1. The van der Waals surface area contributed by atoms with Crippen LogP contribution in [0.4, 0.5) is 5.69 Å². The molecule has 110 valence electrons. The third-order valence-electron chi connectivity index (χ3n) is 3.59. The molecule has 1 saturated heterocycles. The number of amides is 1. The van der Waals surface area contributed by atoms with Crippen LogP contribution >= 0.6 is 11.6 Å². The predicted molar refractivity (Wildman–Crippen MR) is 78.0 cm³/mol. The van der Waals surface area contributed by atoms with Crippen LogP contribution in [0, 0.1) is 0 Å². The van der Waals surface area contributed by atoms with Crippen LogP contribution in [0.3, 0.4) is 0 Å². The largest absolute Gasteiger partial charge is 0.364 e. The first-order valence-electron chi connectivity index (χ1n) is 6.88. The summed E-state index contributed by atoms with van der Waals surface area (Å²) < 4.78 is 5.70. The van der Waals surface area contributed by atoms with E-state index in [4.69, 9.17) is 16.3 Å². The molecule has 2 N–H and O–H groups in total. The van der Waals surface area contributed by atoms with E-state index in [-0.39, 0.29) is 24.2 Å². The minimum atomic E-state index is -0.153. The molecule has 0 unspecified atom stereocenters. The molecule has 0 bridgehead atoms. The molecule has 2 heterocycles. The summed E-state index contributed by atoms with van der Waals surface area (Å²) in [6.07, 6.45) is 1.94. The summed E-state index contributed by atoms with van der Waals surface area (Å²) in [6, 6.07) is 3.35. The van der Waals surface area contributed by atoms with Gasteiger partial charge in [0.05, 0.1) is 5.69 Å². The maximum atomic E-state index is 12.3. The topological polar surface area (TPSA) is 55.7 Å². The number of rotatable bonds is 3. The molecule has 1 amide bonds. The fraction of sp³-hybridized carbons (Fsp3) is 0.571. The van der Waals surface area contributed by atoms with Crippen molar-refractivity contribution in [3.8, 4) is 0 Å². The highest BCUT2D eigenvalue weighted by Crippen LogP contribution is 2.17. The van der Waals surface area contributed by atoms with E-state index in [0.29, 0.717) is 10.8 Å². The minimum absolute atomic E-state index is 0.0452. The van der Waals surface area contributed by atoms with Gasteiger partial charge in [-0.2, -0.15) is 0 Å². The lowest BCUT2D eigenvalue weighted by Gasteiger charge is -2.35. The number of carbonyl (C=O) groups excluding carboxylic acids is 1. The van der Waals surface area contributed by atoms with Crippen LogP contribution in [0.2, 0.25) is 5.15 Å². The summed E-state index contributed by atoms with van der Waals surface area (Å²) >= 11 is 5.95. The van der Waals surface area contributed by atoms with Gasteiger partial charge in [-0.15, -0.1) is 0 Å². The number of pyridine rings is 1. The molecule has 6 heteroatoms. The Morgan fingerprint density at radius 2 is 2.15 bits per heavy atom. The van der Waals surface area contributed by atoms with Gasteiger partial charge in [-0.05, 0) is 32.9 Å². The number of nitrogens with zero attached hydrogens (tertiary/aromatic N) is 1. The van der Waals surface area contributed by atoms with E-state index in [9.17, 15) is 4.79 Å². The van der Waals surface area contributed by atoms with Crippen molar-refractivity contribution in [2.24, 2.45) is 0 Å². The maximum Gasteiger partial charge on any atom is 0.282 e. The second kappa shape index (κ2) is 6.52. The fourth-order valence-electron chi connectivity index (χ4n) is 2.57. The van der Waals surface area contributed by atoms with Crippen LogP contribution in [0.5, 0.6) is 0 Å². The molecule has 1 aromatic rings. The number of nitrogens with one attached hydrogen (secondary N) is 2. The van der Waals surface area contributed by atoms with E-state index in [2.05, 4.69) is 10.3 Å². The molecule has 0 aromatic carbocycles. The molecule has 1 fully saturated rings. The summed E-state index contributed by atoms with van der Waals surface area (Å²) in [5.74, 6) is -0.0452. The highest BCUT2D eigenvalue weighted by molar-refractivity contribution is 6.32. The Morgan fingerprint density at radius 1 is 1.50 bits per heavy atom. The second-order valence-corrected chi connectivity index (χ2v) is 5.73. The summed E-state index contributed by atoms with van der Waals surface area (Å²) in [6.45, 7) is 7.68. The average molecular weight is 299 g/mol. The molecule has 1 aliphatic rings. The average Bonchev–Trinajstić information content (AvgIpc) is 2.39. The highest BCUT2D eigenvalue weighted by Gasteiger charge is 2.33. The van der Waals surface area contributed by atoms with Gasteiger partial charge in [0.15, 0.2) is 11.2 Å². The first-order valence-corrected chi connectivity index (χ1v) is 7.26. The molecule has 5 nitrogen and oxygen atoms in total. The number of hydrogen-bond donors (Lipinski definition) is 2. The molecular formula is C14H21ClN3O2+. The van der Waals surface area contributed by atoms with Crippen LogP contribution in [0.25, 0.3) is 0 Å². The van der Waals surface area contributed by atoms with Crippen LogP contribution in [0.1, 0.15) is 20.8 Å². The number of ether oxygens (including phenoxy) is 1. The normalized spacial score (nSPS) is 27.9. The summed E-state index contributed by atoms with van der Waals surface area (Å²) in [4.78, 5) is 17.5. The number of morpholine rings is 1. The summed E-state index contributed by atoms with van der Waals surface area (Å²) in [5.41, 5.74) is 0.555. The third-order valence-corrected chi connectivity index (χ3v) is 3.89. The lowest BCUT2D eigenvalue weighted by atomic mass is 10.1. The SMILES string of the molecule is C[C@@H]1C[NH+]([C@@H](C)C(=O)Nc2cccnc2Cl)C[C@@H](C)O1. The molecule has 3 atom stereocenters. The highest BCUT2D eigenvalue weighted by atomic mass is 35.5. The fourth-order valence-corrected chi connectivity index (χ4v) is 2.74. The summed E-state index contributed by atoms with van der Waals surface area (Å²) in [7, 11) is 0. The van der Waals surface area contributed by atoms with Crippen LogP contribution in [0.15, 0.2) is 18.3 Å². The smallest absolute Gasteiger partial charge is 0.282 e. The van der Waals surface area contributed by atoms with Crippen molar-refractivity contribution in [3.63, 3.8) is 0 Å². The van der Waals surface area contributed by atoms with E-state index < -0.39 is 0 Å². The van der Waals surface area contributed by atoms with Crippen molar-refractivity contribution >= 4 is 23.2 Å². The van der Waals surface area contributed by atoms with Gasteiger partial charge in [-0.3, -0.25) is 4.79 Å². The minimum Gasteiger partial charge on any atom is -0.364 e. The van der Waals surface area contributed by atoms with Gasteiger partial charge in [0.25, 0.3) is 5.91 Å². The number of hydrogen-bond acceptors (Lipinski definition) is 3. The number of halogens is 1. The Balaban J connectivity index is 2.00. The zero-order valence-electron chi connectivity index (χ0n) is 12.0. The van der Waals surface area contributed by atoms with Gasteiger partial charge in [0.1, 0.15) is 25.3 Å². The third kappa shape index (κ3) is 3.69. The first kappa shape index (κ1) is 15.2. The van der Waals surface area contributed by atoms with Crippen LogP contribution < -0.4 is 10.2 Å². The van der Waals surface area contributed by atoms with E-state index in [1.165, 1.54) is 4.90 Å². The lowest BCUT2D eigenvalue weighted by Crippen LogP contribution is -3.19. The lowest BCUT2D eigenvalue weighted by molar-refractivity contribution is -0.928. The van der Waals surface area contributed by atoms with E-state index in [1.54, 1.807) is 18.3 Å². The van der Waals surface area contributed by atoms with Gasteiger partial charge in [0.2, 0.25) is 0 Å². The zero-order chi connectivity index (χ0) is 14.7. The molecule has 0 spiro atoms. The molecule has 0 aliphatic carbocycles. The first-order chi connectivity index (χ1) is 9.47. The van der Waals surface area contributed by atoms with Crippen molar-refractivity contribution in [2.45, 2.75) is 39.0 Å². The van der Waals surface area contributed by atoms with Gasteiger partial charge >= 0.3 is 0 Å². The predicted octanol–water partition coefficient (Wildman–Crippen LogP) is 0.754. The zero-order valence-corrected chi connectivity index (χ0v) is 12.8. The molecule has 0 saturated carbocycles. The molecule has 1 aliphatic heterocycles. The van der Waals surface area contributed by atoms with E-state index in [1.807, 2.05) is 20.8 Å². The van der Waals surface area contributed by atoms with Crippen LogP contribution in [-0.4, -0.2) is 42.2 Å². The van der Waals surface area contributed by atoms with Crippen molar-refractivity contribution in [2.75, 3.05) is 18.4 Å². The molecule has 2 rings (SSSR count). The molecule has 0 radical (unpaired) electrons. The molecule has 20 heavy (non-hydrogen) atoms. The van der Waals surface area contributed by atoms with Crippen molar-refractivity contribution in [1.82, 2.24) is 4.98 Å². The Hall–Kier alpha value is -1.17. The van der Waals surface area contributed by atoms with Gasteiger partial charge < -0.3 is 15.0 Å². The monoisotopic (exact) mass is 298 g/mol. The van der Waals surface area contributed by atoms with E-state index >= 15 is 0 Å². The van der Waals surface area contributed by atoms with Crippen molar-refractivity contribution < 1.29 is 14.4 Å². The number of carbonyl (C=O) groups is 1. The van der Waals surface area contributed by atoms with Gasteiger partial charge in [-0.1, -0.05) is 11.6 Å². The quantitative estimate of drug-likeness (QED) is 0.810. The molecular weight excluding hydrogens is 278 g/mol. The Kier molecular flexibility index (Phi) is 4.96. The van der Waals surface area contributed by atoms with Crippen LogP contribution in [-0.2, 0) is 9.53 Å². The van der Waals surface area contributed by atoms with Crippen molar-refractivity contribution in [3.05, 3.63) is 23.5 Å².